The summed E-state index contributed by atoms with van der Waals surface area (Å²) in [6, 6.07) is 7.78. The SMILES string of the molecule is CC(C)c1cnnc(Nc2ccc3ncc(-n4ccnc4)cc3n2)c1. The maximum atomic E-state index is 4.64. The van der Waals surface area contributed by atoms with Crippen LogP contribution in [0.1, 0.15) is 25.3 Å². The van der Waals surface area contributed by atoms with E-state index in [0.717, 1.165) is 22.3 Å². The number of aromatic nitrogens is 6. The van der Waals surface area contributed by atoms with Crippen LogP contribution in [0.25, 0.3) is 16.7 Å². The zero-order valence-electron chi connectivity index (χ0n) is 14.0. The van der Waals surface area contributed by atoms with Gasteiger partial charge in [0.1, 0.15) is 5.82 Å². The number of hydrogen-bond donors (Lipinski definition) is 1. The minimum atomic E-state index is 0.391. The summed E-state index contributed by atoms with van der Waals surface area (Å²) in [5.41, 5.74) is 3.67. The van der Waals surface area contributed by atoms with Crippen LogP contribution in [0.15, 0.2) is 55.4 Å². The highest BCUT2D eigenvalue weighted by Gasteiger charge is 2.06. The molecule has 0 aliphatic rings. The predicted molar refractivity (Wildman–Crippen MR) is 96.1 cm³/mol. The third kappa shape index (κ3) is 3.16. The van der Waals surface area contributed by atoms with Crippen molar-refractivity contribution in [2.75, 3.05) is 5.32 Å². The molecule has 0 aliphatic carbocycles. The Morgan fingerprint density at radius 3 is 2.76 bits per heavy atom. The molecule has 0 aliphatic heterocycles. The Hall–Kier alpha value is -3.35. The first kappa shape index (κ1) is 15.2. The number of fused-ring (bicyclic) bond motifs is 1. The predicted octanol–water partition coefficient (Wildman–Crippen LogP) is 3.47. The maximum absolute atomic E-state index is 4.64. The lowest BCUT2D eigenvalue weighted by Crippen LogP contribution is -2.00. The van der Waals surface area contributed by atoms with E-state index in [0.29, 0.717) is 17.6 Å². The normalized spacial score (nSPS) is 11.2. The van der Waals surface area contributed by atoms with Gasteiger partial charge in [-0.25, -0.2) is 9.97 Å². The molecule has 4 rings (SSSR count). The summed E-state index contributed by atoms with van der Waals surface area (Å²) in [5.74, 6) is 1.77. The maximum Gasteiger partial charge on any atom is 0.154 e. The molecule has 0 atom stereocenters. The third-order valence-corrected chi connectivity index (χ3v) is 3.92. The second kappa shape index (κ2) is 6.27. The second-order valence-corrected chi connectivity index (χ2v) is 6.05. The molecule has 0 saturated heterocycles. The van der Waals surface area contributed by atoms with Crippen molar-refractivity contribution >= 4 is 22.7 Å². The number of rotatable bonds is 4. The molecular formula is C18H17N7. The van der Waals surface area contributed by atoms with E-state index in [1.165, 1.54) is 0 Å². The molecule has 4 aromatic rings. The smallest absolute Gasteiger partial charge is 0.154 e. The molecule has 25 heavy (non-hydrogen) atoms. The average Bonchev–Trinajstić information content (AvgIpc) is 3.16. The topological polar surface area (TPSA) is 81.4 Å². The van der Waals surface area contributed by atoms with Crippen LogP contribution in [-0.2, 0) is 0 Å². The summed E-state index contributed by atoms with van der Waals surface area (Å²) in [5, 5.41) is 11.4. The quantitative estimate of drug-likeness (QED) is 0.616. The van der Waals surface area contributed by atoms with Crippen LogP contribution < -0.4 is 5.32 Å². The van der Waals surface area contributed by atoms with Crippen LogP contribution in [-0.4, -0.2) is 29.7 Å². The highest BCUT2D eigenvalue weighted by atomic mass is 15.2. The molecule has 1 N–H and O–H groups in total. The molecule has 0 spiro atoms. The van der Waals surface area contributed by atoms with Gasteiger partial charge in [-0.3, -0.25) is 4.98 Å². The fourth-order valence-electron chi connectivity index (χ4n) is 2.51. The van der Waals surface area contributed by atoms with E-state index in [1.54, 1.807) is 24.9 Å². The first-order valence-electron chi connectivity index (χ1n) is 8.04. The van der Waals surface area contributed by atoms with Gasteiger partial charge in [-0.15, -0.1) is 5.10 Å². The van der Waals surface area contributed by atoms with E-state index >= 15 is 0 Å². The fraction of sp³-hybridized carbons (Fsp3) is 0.167. The standard InChI is InChI=1S/C18H17N7/c1-12(2)13-7-18(24-21-9-13)23-17-4-3-15-16(22-17)8-14(10-20-15)25-6-5-19-11-25/h3-12H,1-2H3,(H,22,23,24). The fourth-order valence-corrected chi connectivity index (χ4v) is 2.51. The van der Waals surface area contributed by atoms with Gasteiger partial charge in [-0.2, -0.15) is 5.10 Å². The van der Waals surface area contributed by atoms with E-state index in [1.807, 2.05) is 35.0 Å². The number of nitrogens with zero attached hydrogens (tertiary/aromatic N) is 6. The van der Waals surface area contributed by atoms with Crippen molar-refractivity contribution in [3.63, 3.8) is 0 Å². The average molecular weight is 331 g/mol. The first-order chi connectivity index (χ1) is 12.2. The van der Waals surface area contributed by atoms with E-state index < -0.39 is 0 Å². The minimum absolute atomic E-state index is 0.391. The van der Waals surface area contributed by atoms with Crippen LogP contribution in [0.2, 0.25) is 0 Å². The van der Waals surface area contributed by atoms with Gasteiger partial charge < -0.3 is 9.88 Å². The van der Waals surface area contributed by atoms with Gasteiger partial charge in [-0.1, -0.05) is 13.8 Å². The Morgan fingerprint density at radius 2 is 1.96 bits per heavy atom. The van der Waals surface area contributed by atoms with E-state index in [9.17, 15) is 0 Å². The largest absolute Gasteiger partial charge is 0.323 e. The molecular weight excluding hydrogens is 314 g/mol. The lowest BCUT2D eigenvalue weighted by Gasteiger charge is -2.09. The molecule has 0 radical (unpaired) electrons. The van der Waals surface area contributed by atoms with Gasteiger partial charge in [0.15, 0.2) is 5.82 Å². The number of anilines is 2. The van der Waals surface area contributed by atoms with Crippen LogP contribution in [0.5, 0.6) is 0 Å². The van der Waals surface area contributed by atoms with Crippen molar-refractivity contribution in [1.82, 2.24) is 29.7 Å². The van der Waals surface area contributed by atoms with Crippen LogP contribution in [0.4, 0.5) is 11.6 Å². The molecule has 4 aromatic heterocycles. The molecule has 0 amide bonds. The van der Waals surface area contributed by atoms with Crippen LogP contribution in [0.3, 0.4) is 0 Å². The lowest BCUT2D eigenvalue weighted by molar-refractivity contribution is 0.843. The molecule has 7 nitrogen and oxygen atoms in total. The Labute approximate surface area is 144 Å². The molecule has 0 fully saturated rings. The molecule has 124 valence electrons. The molecule has 0 bridgehead atoms. The molecule has 0 saturated carbocycles. The third-order valence-electron chi connectivity index (χ3n) is 3.92. The van der Waals surface area contributed by atoms with Gasteiger partial charge in [0.05, 0.1) is 35.4 Å². The second-order valence-electron chi connectivity index (χ2n) is 6.05. The summed E-state index contributed by atoms with van der Waals surface area (Å²) < 4.78 is 1.89. The highest BCUT2D eigenvalue weighted by molar-refractivity contribution is 5.78. The van der Waals surface area contributed by atoms with Crippen molar-refractivity contribution in [3.05, 3.63) is 60.9 Å². The van der Waals surface area contributed by atoms with Crippen molar-refractivity contribution in [2.45, 2.75) is 19.8 Å². The summed E-state index contributed by atoms with van der Waals surface area (Å²) >= 11 is 0. The monoisotopic (exact) mass is 331 g/mol. The minimum Gasteiger partial charge on any atom is -0.323 e. The molecule has 0 unspecified atom stereocenters. The van der Waals surface area contributed by atoms with E-state index in [4.69, 9.17) is 0 Å². The number of imidazole rings is 1. The van der Waals surface area contributed by atoms with Crippen LogP contribution in [0, 0.1) is 0 Å². The Bertz CT molecular complexity index is 1010. The van der Waals surface area contributed by atoms with Crippen molar-refractivity contribution in [2.24, 2.45) is 0 Å². The summed E-state index contributed by atoms with van der Waals surface area (Å²) in [6.45, 7) is 4.25. The Kier molecular flexibility index (Phi) is 3.81. The number of pyridine rings is 2. The van der Waals surface area contributed by atoms with Crippen molar-refractivity contribution < 1.29 is 0 Å². The number of nitrogens with one attached hydrogen (secondary N) is 1. The molecule has 7 heteroatoms. The summed E-state index contributed by atoms with van der Waals surface area (Å²) in [7, 11) is 0. The first-order valence-corrected chi connectivity index (χ1v) is 8.04. The molecule has 0 aromatic carbocycles. The lowest BCUT2D eigenvalue weighted by atomic mass is 10.1. The van der Waals surface area contributed by atoms with Gasteiger partial charge in [-0.05, 0) is 35.7 Å². The van der Waals surface area contributed by atoms with Gasteiger partial charge >= 0.3 is 0 Å². The van der Waals surface area contributed by atoms with Crippen molar-refractivity contribution in [1.29, 1.82) is 0 Å². The van der Waals surface area contributed by atoms with Crippen molar-refractivity contribution in [3.8, 4) is 5.69 Å². The van der Waals surface area contributed by atoms with E-state index in [-0.39, 0.29) is 0 Å². The van der Waals surface area contributed by atoms with E-state index in [2.05, 4.69) is 44.3 Å². The summed E-state index contributed by atoms with van der Waals surface area (Å²) in [4.78, 5) is 13.2. The molecule has 4 heterocycles. The zero-order valence-corrected chi connectivity index (χ0v) is 14.0. The van der Waals surface area contributed by atoms with Gasteiger partial charge in [0.2, 0.25) is 0 Å². The number of hydrogen-bond acceptors (Lipinski definition) is 6. The zero-order chi connectivity index (χ0) is 17.2. The Balaban J connectivity index is 1.67. The van der Waals surface area contributed by atoms with Gasteiger partial charge in [0.25, 0.3) is 0 Å². The summed E-state index contributed by atoms with van der Waals surface area (Å²) in [6.07, 6.45) is 8.92. The van der Waals surface area contributed by atoms with Crippen LogP contribution >= 0.6 is 0 Å². The van der Waals surface area contributed by atoms with Gasteiger partial charge in [0, 0.05) is 12.4 Å². The highest BCUT2D eigenvalue weighted by Crippen LogP contribution is 2.20. The Morgan fingerprint density at radius 1 is 1.04 bits per heavy atom.